The van der Waals surface area contributed by atoms with E-state index in [1.165, 1.54) is 39.3 Å². The predicted octanol–water partition coefficient (Wildman–Crippen LogP) is 6.48. The average Bonchev–Trinajstić information content (AvgIpc) is 3.62. The maximum absolute atomic E-state index is 13.9. The number of aromatic nitrogens is 3. The molecule has 1 amide bonds. The third-order valence-corrected chi connectivity index (χ3v) is 9.24. The van der Waals surface area contributed by atoms with Gasteiger partial charge in [0, 0.05) is 11.3 Å². The number of aliphatic hydroxyl groups is 1. The third-order valence-electron chi connectivity index (χ3n) is 6.04. The molecule has 1 aliphatic rings. The van der Waals surface area contributed by atoms with Gasteiger partial charge in [0.15, 0.2) is 10.1 Å². The number of amides is 1. The lowest BCUT2D eigenvalue weighted by Crippen LogP contribution is -2.31. The summed E-state index contributed by atoms with van der Waals surface area (Å²) in [5.74, 6) is -0.525. The van der Waals surface area contributed by atoms with Gasteiger partial charge in [-0.1, -0.05) is 78.6 Å². The van der Waals surface area contributed by atoms with E-state index in [4.69, 9.17) is 4.74 Å². The zero-order chi connectivity index (χ0) is 27.5. The van der Waals surface area contributed by atoms with Crippen LogP contribution in [0.2, 0.25) is 0 Å². The maximum Gasteiger partial charge on any atom is 0.296 e. The van der Waals surface area contributed by atoms with Gasteiger partial charge in [0.05, 0.1) is 27.8 Å². The number of thiazole rings is 1. The third kappa shape index (κ3) is 5.47. The molecule has 8 nitrogen and oxygen atoms in total. The van der Waals surface area contributed by atoms with Crippen molar-refractivity contribution in [2.45, 2.75) is 43.3 Å². The van der Waals surface area contributed by atoms with Crippen LogP contribution in [0.1, 0.15) is 50.9 Å². The molecule has 1 unspecified atom stereocenters. The Kier molecular flexibility index (Phi) is 8.10. The van der Waals surface area contributed by atoms with E-state index in [2.05, 4.69) is 15.2 Å². The summed E-state index contributed by atoms with van der Waals surface area (Å²) >= 11 is 3.99. The number of para-hydroxylation sites is 1. The molecule has 3 heterocycles. The van der Waals surface area contributed by atoms with Crippen molar-refractivity contribution in [3.8, 4) is 5.75 Å². The Morgan fingerprint density at radius 1 is 1.08 bits per heavy atom. The normalized spacial score (nSPS) is 15.3. The zero-order valence-electron chi connectivity index (χ0n) is 21.6. The minimum Gasteiger partial charge on any atom is -0.503 e. The summed E-state index contributed by atoms with van der Waals surface area (Å²) < 4.78 is 6.68. The number of nitrogens with zero attached hydrogens (tertiary/aromatic N) is 4. The standard InChI is InChI=1S/C28H26N4O4S3/c1-4-14-36-20-13-9-8-12-19(20)22-21(23(33)25-16(2)29-17(3)38-25)24(34)26(35)32(22)27-30-31-28(39-27)37-15-18-10-6-5-7-11-18/h5-13,22,34H,4,14-15H2,1-3H3. The van der Waals surface area contributed by atoms with E-state index >= 15 is 0 Å². The van der Waals surface area contributed by atoms with Gasteiger partial charge < -0.3 is 9.84 Å². The fourth-order valence-corrected chi connectivity index (χ4v) is 7.02. The Morgan fingerprint density at radius 2 is 1.82 bits per heavy atom. The van der Waals surface area contributed by atoms with Gasteiger partial charge in [-0.3, -0.25) is 14.5 Å². The first-order valence-corrected chi connectivity index (χ1v) is 15.0. The smallest absolute Gasteiger partial charge is 0.296 e. The quantitative estimate of drug-likeness (QED) is 0.130. The summed E-state index contributed by atoms with van der Waals surface area (Å²) in [6.07, 6.45) is 0.784. The molecule has 200 valence electrons. The number of aryl methyl sites for hydroxylation is 2. The van der Waals surface area contributed by atoms with Crippen molar-refractivity contribution < 1.29 is 19.4 Å². The summed E-state index contributed by atoms with van der Waals surface area (Å²) in [6, 6.07) is 16.3. The summed E-state index contributed by atoms with van der Waals surface area (Å²) in [6.45, 7) is 6.02. The van der Waals surface area contributed by atoms with Gasteiger partial charge in [0.1, 0.15) is 11.8 Å². The maximum atomic E-state index is 13.9. The number of carbonyl (C=O) groups is 2. The minimum atomic E-state index is -0.945. The fraction of sp³-hybridized carbons (Fsp3) is 0.250. The lowest BCUT2D eigenvalue weighted by Gasteiger charge is -2.25. The summed E-state index contributed by atoms with van der Waals surface area (Å²) in [5, 5.41) is 20.8. The number of aliphatic hydroxyl groups excluding tert-OH is 1. The molecule has 0 spiro atoms. The van der Waals surface area contributed by atoms with Crippen LogP contribution in [0.5, 0.6) is 5.75 Å². The number of thioether (sulfide) groups is 1. The van der Waals surface area contributed by atoms with Gasteiger partial charge in [-0.15, -0.1) is 21.5 Å². The van der Waals surface area contributed by atoms with Crippen molar-refractivity contribution in [2.75, 3.05) is 11.5 Å². The van der Waals surface area contributed by atoms with Crippen LogP contribution in [-0.4, -0.2) is 38.6 Å². The van der Waals surface area contributed by atoms with E-state index in [1.54, 1.807) is 19.1 Å². The second kappa shape index (κ2) is 11.7. The van der Waals surface area contributed by atoms with Crippen molar-refractivity contribution >= 4 is 51.3 Å². The first-order chi connectivity index (χ1) is 18.9. The monoisotopic (exact) mass is 578 g/mol. The van der Waals surface area contributed by atoms with E-state index in [0.717, 1.165) is 17.0 Å². The van der Waals surface area contributed by atoms with E-state index in [0.29, 0.717) is 38.6 Å². The number of hydrogen-bond acceptors (Lipinski definition) is 10. The number of ketones is 1. The van der Waals surface area contributed by atoms with Crippen LogP contribution in [-0.2, 0) is 10.5 Å². The van der Waals surface area contributed by atoms with Crippen molar-refractivity contribution in [3.05, 3.63) is 92.6 Å². The van der Waals surface area contributed by atoms with E-state index in [1.807, 2.05) is 56.3 Å². The van der Waals surface area contributed by atoms with Crippen LogP contribution in [0.25, 0.3) is 0 Å². The molecular formula is C28H26N4O4S3. The summed E-state index contributed by atoms with van der Waals surface area (Å²) in [5.41, 5.74) is 2.25. The second-order valence-electron chi connectivity index (χ2n) is 8.83. The molecule has 1 atom stereocenters. The molecule has 4 aromatic rings. The fourth-order valence-electron chi connectivity index (χ4n) is 4.32. The Labute approximate surface area is 238 Å². The molecule has 0 saturated carbocycles. The Bertz CT molecular complexity index is 1550. The van der Waals surface area contributed by atoms with E-state index in [-0.39, 0.29) is 10.7 Å². The van der Waals surface area contributed by atoms with Crippen LogP contribution in [0, 0.1) is 13.8 Å². The van der Waals surface area contributed by atoms with Gasteiger partial charge in [-0.05, 0) is 31.9 Å². The highest BCUT2D eigenvalue weighted by Gasteiger charge is 2.47. The summed E-state index contributed by atoms with van der Waals surface area (Å²) in [7, 11) is 0. The van der Waals surface area contributed by atoms with Gasteiger partial charge in [-0.2, -0.15) is 0 Å². The van der Waals surface area contributed by atoms with Crippen LogP contribution in [0.3, 0.4) is 0 Å². The SMILES string of the molecule is CCCOc1ccccc1C1C(C(=O)c2sc(C)nc2C)=C(O)C(=O)N1c1nnc(SCc2ccccc2)s1. The van der Waals surface area contributed by atoms with Crippen LogP contribution in [0.15, 0.2) is 70.3 Å². The lowest BCUT2D eigenvalue weighted by atomic mass is 9.94. The zero-order valence-corrected chi connectivity index (χ0v) is 24.0. The molecule has 0 saturated heterocycles. The van der Waals surface area contributed by atoms with Crippen molar-refractivity contribution in [1.82, 2.24) is 15.2 Å². The second-order valence-corrected chi connectivity index (χ2v) is 12.2. The van der Waals surface area contributed by atoms with Crippen LogP contribution < -0.4 is 9.64 Å². The molecule has 1 N–H and O–H groups in total. The Hall–Kier alpha value is -3.54. The van der Waals surface area contributed by atoms with E-state index < -0.39 is 23.5 Å². The highest BCUT2D eigenvalue weighted by Crippen LogP contribution is 2.46. The van der Waals surface area contributed by atoms with E-state index in [9.17, 15) is 14.7 Å². The first-order valence-electron chi connectivity index (χ1n) is 12.4. The molecule has 1 aliphatic heterocycles. The molecule has 2 aromatic carbocycles. The number of hydrogen-bond donors (Lipinski definition) is 1. The highest BCUT2D eigenvalue weighted by molar-refractivity contribution is 8.00. The van der Waals surface area contributed by atoms with Crippen molar-refractivity contribution in [3.63, 3.8) is 0 Å². The number of Topliss-reactive ketones (excluding diaryl/α,β-unsaturated/α-hetero) is 1. The number of anilines is 1. The molecule has 5 rings (SSSR count). The molecule has 39 heavy (non-hydrogen) atoms. The topological polar surface area (TPSA) is 106 Å². The number of rotatable bonds is 10. The molecule has 0 fully saturated rings. The molecule has 0 bridgehead atoms. The summed E-state index contributed by atoms with van der Waals surface area (Å²) in [4.78, 5) is 33.6. The van der Waals surface area contributed by atoms with Crippen molar-refractivity contribution in [2.24, 2.45) is 0 Å². The average molecular weight is 579 g/mol. The Morgan fingerprint density at radius 3 is 2.54 bits per heavy atom. The molecular weight excluding hydrogens is 553 g/mol. The number of carbonyl (C=O) groups excluding carboxylic acids is 2. The van der Waals surface area contributed by atoms with Crippen molar-refractivity contribution in [1.29, 1.82) is 0 Å². The van der Waals surface area contributed by atoms with Gasteiger partial charge in [-0.25, -0.2) is 4.98 Å². The minimum absolute atomic E-state index is 0.0204. The Balaban J connectivity index is 1.56. The predicted molar refractivity (Wildman–Crippen MR) is 154 cm³/mol. The number of benzene rings is 2. The molecule has 0 radical (unpaired) electrons. The van der Waals surface area contributed by atoms with Crippen LogP contribution >= 0.6 is 34.4 Å². The van der Waals surface area contributed by atoms with Gasteiger partial charge >= 0.3 is 0 Å². The van der Waals surface area contributed by atoms with Gasteiger partial charge in [0.2, 0.25) is 10.9 Å². The molecule has 0 aliphatic carbocycles. The molecule has 11 heteroatoms. The lowest BCUT2D eigenvalue weighted by molar-refractivity contribution is -0.117. The number of ether oxygens (including phenoxy) is 1. The largest absolute Gasteiger partial charge is 0.503 e. The first kappa shape index (κ1) is 27.0. The van der Waals surface area contributed by atoms with Gasteiger partial charge in [0.25, 0.3) is 5.91 Å². The molecule has 2 aromatic heterocycles. The highest BCUT2D eigenvalue weighted by atomic mass is 32.2. The van der Waals surface area contributed by atoms with Crippen LogP contribution in [0.4, 0.5) is 5.13 Å².